The van der Waals surface area contributed by atoms with Crippen molar-refractivity contribution in [2.45, 2.75) is 39.2 Å². The lowest BCUT2D eigenvalue weighted by Crippen LogP contribution is -2.28. The molecule has 0 amide bonds. The van der Waals surface area contributed by atoms with Gasteiger partial charge < -0.3 is 5.11 Å². The maximum absolute atomic E-state index is 9.50. The molecule has 0 radical (unpaired) electrons. The van der Waals surface area contributed by atoms with Gasteiger partial charge in [0.15, 0.2) is 0 Å². The molecular formula is C9H15NO. The van der Waals surface area contributed by atoms with Crippen LogP contribution in [0.25, 0.3) is 0 Å². The van der Waals surface area contributed by atoms with Crippen molar-refractivity contribution in [3.63, 3.8) is 0 Å². The highest BCUT2D eigenvalue weighted by Crippen LogP contribution is 2.39. The number of hydrogen-bond donors (Lipinski definition) is 1. The molecule has 0 saturated heterocycles. The third-order valence-electron chi connectivity index (χ3n) is 2.69. The number of hydrogen-bond acceptors (Lipinski definition) is 2. The minimum Gasteiger partial charge on any atom is -0.393 e. The van der Waals surface area contributed by atoms with E-state index in [-0.39, 0.29) is 17.4 Å². The number of rotatable bonds is 1. The van der Waals surface area contributed by atoms with Crippen LogP contribution in [0.3, 0.4) is 0 Å². The summed E-state index contributed by atoms with van der Waals surface area (Å²) in [5.41, 5.74) is -0.351. The first-order chi connectivity index (χ1) is 5.08. The Morgan fingerprint density at radius 2 is 2.09 bits per heavy atom. The second-order valence-corrected chi connectivity index (χ2v) is 3.94. The summed E-state index contributed by atoms with van der Waals surface area (Å²) < 4.78 is 0. The average Bonchev–Trinajstić information content (AvgIpc) is 2.36. The zero-order valence-corrected chi connectivity index (χ0v) is 7.17. The number of nitrogens with zero attached hydrogens (tertiary/aromatic N) is 1. The number of aliphatic hydroxyl groups excluding tert-OH is 1. The summed E-state index contributed by atoms with van der Waals surface area (Å²) in [6, 6.07) is 2.25. The summed E-state index contributed by atoms with van der Waals surface area (Å²) >= 11 is 0. The van der Waals surface area contributed by atoms with E-state index in [1.54, 1.807) is 0 Å². The molecular weight excluding hydrogens is 138 g/mol. The zero-order valence-electron chi connectivity index (χ0n) is 7.17. The van der Waals surface area contributed by atoms with E-state index in [0.717, 1.165) is 19.3 Å². The van der Waals surface area contributed by atoms with Gasteiger partial charge in [0.25, 0.3) is 0 Å². The van der Waals surface area contributed by atoms with Crippen LogP contribution < -0.4 is 0 Å². The smallest absolute Gasteiger partial charge is 0.0687 e. The average molecular weight is 153 g/mol. The predicted octanol–water partition coefficient (Wildman–Crippen LogP) is 1.70. The summed E-state index contributed by atoms with van der Waals surface area (Å²) in [4.78, 5) is 0. The van der Waals surface area contributed by atoms with Crippen molar-refractivity contribution in [3.8, 4) is 6.07 Å². The summed E-state index contributed by atoms with van der Waals surface area (Å²) in [5.74, 6) is 0.187. The highest BCUT2D eigenvalue weighted by molar-refractivity contribution is 5.00. The van der Waals surface area contributed by atoms with E-state index in [4.69, 9.17) is 5.26 Å². The molecule has 1 fully saturated rings. The maximum atomic E-state index is 9.50. The minimum absolute atomic E-state index is 0.187. The van der Waals surface area contributed by atoms with Gasteiger partial charge in [-0.1, -0.05) is 6.42 Å². The van der Waals surface area contributed by atoms with Gasteiger partial charge in [-0.3, -0.25) is 0 Å². The Morgan fingerprint density at radius 1 is 1.45 bits per heavy atom. The summed E-state index contributed by atoms with van der Waals surface area (Å²) in [6.45, 7) is 3.82. The fourth-order valence-corrected chi connectivity index (χ4v) is 1.87. The van der Waals surface area contributed by atoms with Crippen LogP contribution in [-0.2, 0) is 0 Å². The molecule has 0 bridgehead atoms. The molecule has 0 heterocycles. The molecule has 1 aliphatic carbocycles. The Morgan fingerprint density at radius 3 is 2.45 bits per heavy atom. The normalized spacial score (nSPS) is 31.8. The van der Waals surface area contributed by atoms with Gasteiger partial charge in [-0.25, -0.2) is 0 Å². The van der Waals surface area contributed by atoms with Gasteiger partial charge in [0.05, 0.1) is 17.6 Å². The molecule has 0 aromatic carbocycles. The Kier molecular flexibility index (Phi) is 2.20. The zero-order chi connectivity index (χ0) is 8.48. The van der Waals surface area contributed by atoms with Crippen molar-refractivity contribution in [3.05, 3.63) is 0 Å². The number of nitriles is 1. The van der Waals surface area contributed by atoms with Crippen LogP contribution in [0.4, 0.5) is 0 Å². The van der Waals surface area contributed by atoms with Crippen LogP contribution in [0, 0.1) is 22.7 Å². The lowest BCUT2D eigenvalue weighted by atomic mass is 9.78. The quantitative estimate of drug-likeness (QED) is 0.623. The molecule has 1 aliphatic rings. The Bertz CT molecular complexity index is 180. The summed E-state index contributed by atoms with van der Waals surface area (Å²) in [5, 5.41) is 18.3. The molecule has 0 spiro atoms. The van der Waals surface area contributed by atoms with Crippen molar-refractivity contribution in [1.82, 2.24) is 0 Å². The van der Waals surface area contributed by atoms with Crippen LogP contribution in [0.15, 0.2) is 0 Å². The first-order valence-electron chi connectivity index (χ1n) is 4.17. The first kappa shape index (κ1) is 8.55. The first-order valence-corrected chi connectivity index (χ1v) is 4.17. The van der Waals surface area contributed by atoms with E-state index in [2.05, 4.69) is 6.07 Å². The highest BCUT2D eigenvalue weighted by Gasteiger charge is 2.37. The molecule has 1 saturated carbocycles. The van der Waals surface area contributed by atoms with Crippen molar-refractivity contribution < 1.29 is 5.11 Å². The van der Waals surface area contributed by atoms with E-state index in [1.165, 1.54) is 0 Å². The van der Waals surface area contributed by atoms with Gasteiger partial charge in [-0.2, -0.15) is 5.26 Å². The van der Waals surface area contributed by atoms with Gasteiger partial charge in [-0.15, -0.1) is 0 Å². The molecule has 2 nitrogen and oxygen atoms in total. The minimum atomic E-state index is -0.351. The maximum Gasteiger partial charge on any atom is 0.0687 e. The lowest BCUT2D eigenvalue weighted by Gasteiger charge is -2.26. The van der Waals surface area contributed by atoms with Crippen molar-refractivity contribution >= 4 is 0 Å². The second kappa shape index (κ2) is 2.83. The van der Waals surface area contributed by atoms with Crippen LogP contribution in [0.1, 0.15) is 33.1 Å². The Hall–Kier alpha value is -0.550. The molecule has 2 heteroatoms. The Labute approximate surface area is 67.8 Å². The van der Waals surface area contributed by atoms with E-state index >= 15 is 0 Å². The van der Waals surface area contributed by atoms with Gasteiger partial charge >= 0.3 is 0 Å². The molecule has 0 aromatic heterocycles. The lowest BCUT2D eigenvalue weighted by molar-refractivity contribution is 0.0845. The molecule has 1 rings (SSSR count). The number of aliphatic hydroxyl groups is 1. The Balaban J connectivity index is 2.68. The standard InChI is InChI=1S/C9H15NO/c1-9(2,6-10)7-4-3-5-8(7)11/h7-8,11H,3-5H2,1-2H3. The monoisotopic (exact) mass is 153 g/mol. The molecule has 0 aliphatic heterocycles. The van der Waals surface area contributed by atoms with Crippen molar-refractivity contribution in [2.75, 3.05) is 0 Å². The third kappa shape index (κ3) is 1.54. The van der Waals surface area contributed by atoms with Crippen LogP contribution >= 0.6 is 0 Å². The molecule has 1 N–H and O–H groups in total. The SMILES string of the molecule is CC(C)(C#N)C1CCCC1O. The van der Waals surface area contributed by atoms with Crippen molar-refractivity contribution in [1.29, 1.82) is 5.26 Å². The molecule has 0 aromatic rings. The van der Waals surface area contributed by atoms with Gasteiger partial charge in [0.1, 0.15) is 0 Å². The van der Waals surface area contributed by atoms with E-state index in [9.17, 15) is 5.11 Å². The van der Waals surface area contributed by atoms with Gasteiger partial charge in [0, 0.05) is 5.92 Å². The van der Waals surface area contributed by atoms with Crippen LogP contribution in [0.5, 0.6) is 0 Å². The summed E-state index contributed by atoms with van der Waals surface area (Å²) in [6.07, 6.45) is 2.69. The topological polar surface area (TPSA) is 44.0 Å². The molecule has 62 valence electrons. The fraction of sp³-hybridized carbons (Fsp3) is 0.889. The largest absolute Gasteiger partial charge is 0.393 e. The third-order valence-corrected chi connectivity index (χ3v) is 2.69. The fourth-order valence-electron chi connectivity index (χ4n) is 1.87. The summed E-state index contributed by atoms with van der Waals surface area (Å²) in [7, 11) is 0. The predicted molar refractivity (Wildman–Crippen MR) is 42.7 cm³/mol. The molecule has 2 atom stereocenters. The van der Waals surface area contributed by atoms with Crippen LogP contribution in [-0.4, -0.2) is 11.2 Å². The van der Waals surface area contributed by atoms with E-state index in [1.807, 2.05) is 13.8 Å². The van der Waals surface area contributed by atoms with Gasteiger partial charge in [-0.05, 0) is 26.7 Å². The van der Waals surface area contributed by atoms with Crippen molar-refractivity contribution in [2.24, 2.45) is 11.3 Å². The molecule has 2 unspecified atom stereocenters. The van der Waals surface area contributed by atoms with Crippen LogP contribution in [0.2, 0.25) is 0 Å². The van der Waals surface area contributed by atoms with E-state index in [0.29, 0.717) is 0 Å². The highest BCUT2D eigenvalue weighted by atomic mass is 16.3. The van der Waals surface area contributed by atoms with Gasteiger partial charge in [0.2, 0.25) is 0 Å². The second-order valence-electron chi connectivity index (χ2n) is 3.94. The molecule has 11 heavy (non-hydrogen) atoms. The van der Waals surface area contributed by atoms with E-state index < -0.39 is 0 Å².